The summed E-state index contributed by atoms with van der Waals surface area (Å²) in [6.07, 6.45) is 3.16. The van der Waals surface area contributed by atoms with E-state index in [0.29, 0.717) is 19.8 Å². The Morgan fingerprint density at radius 2 is 2.12 bits per heavy atom. The van der Waals surface area contributed by atoms with E-state index in [9.17, 15) is 4.39 Å². The van der Waals surface area contributed by atoms with E-state index in [4.69, 9.17) is 9.47 Å². The summed E-state index contributed by atoms with van der Waals surface area (Å²) < 4.78 is 24.2. The first-order chi connectivity index (χ1) is 8.27. The van der Waals surface area contributed by atoms with Gasteiger partial charge in [0.2, 0.25) is 0 Å². The summed E-state index contributed by atoms with van der Waals surface area (Å²) in [6, 6.07) is 3.13. The van der Waals surface area contributed by atoms with E-state index in [1.807, 2.05) is 0 Å². The Hall–Kier alpha value is -1.20. The SMILES string of the molecule is Fc1ccc(N2CCCC3(C2)OCCO3)nc1. The molecule has 0 atom stereocenters. The fraction of sp³-hybridized carbons (Fsp3) is 0.583. The third-order valence-corrected chi connectivity index (χ3v) is 3.27. The molecule has 2 aliphatic rings. The zero-order valence-electron chi connectivity index (χ0n) is 9.56. The number of hydrogen-bond donors (Lipinski definition) is 0. The van der Waals surface area contributed by atoms with Crippen molar-refractivity contribution < 1.29 is 13.9 Å². The van der Waals surface area contributed by atoms with Crippen LogP contribution in [0.4, 0.5) is 10.2 Å². The van der Waals surface area contributed by atoms with Crippen LogP contribution in [0.15, 0.2) is 18.3 Å². The zero-order chi connectivity index (χ0) is 11.7. The second-order valence-electron chi connectivity index (χ2n) is 4.47. The van der Waals surface area contributed by atoms with Crippen molar-refractivity contribution in [2.45, 2.75) is 18.6 Å². The minimum atomic E-state index is -0.464. The first-order valence-electron chi connectivity index (χ1n) is 5.92. The highest BCUT2D eigenvalue weighted by molar-refractivity contribution is 5.39. The number of anilines is 1. The minimum absolute atomic E-state index is 0.311. The van der Waals surface area contributed by atoms with Crippen LogP contribution >= 0.6 is 0 Å². The van der Waals surface area contributed by atoms with Gasteiger partial charge in [0.15, 0.2) is 5.79 Å². The third kappa shape index (κ3) is 2.12. The average molecular weight is 238 g/mol. The molecule has 0 N–H and O–H groups in total. The molecule has 0 unspecified atom stereocenters. The molecule has 0 bridgehead atoms. The first-order valence-corrected chi connectivity index (χ1v) is 5.92. The second-order valence-corrected chi connectivity index (χ2v) is 4.47. The smallest absolute Gasteiger partial charge is 0.186 e. The lowest BCUT2D eigenvalue weighted by molar-refractivity contribution is -0.161. The van der Waals surface area contributed by atoms with Gasteiger partial charge in [-0.15, -0.1) is 0 Å². The van der Waals surface area contributed by atoms with Crippen LogP contribution in [0, 0.1) is 5.82 Å². The molecule has 3 heterocycles. The van der Waals surface area contributed by atoms with Gasteiger partial charge < -0.3 is 14.4 Å². The van der Waals surface area contributed by atoms with Crippen molar-refractivity contribution in [3.63, 3.8) is 0 Å². The maximum absolute atomic E-state index is 12.8. The number of pyridine rings is 1. The van der Waals surface area contributed by atoms with Crippen molar-refractivity contribution in [1.29, 1.82) is 0 Å². The Labute approximate surface area is 99.3 Å². The van der Waals surface area contributed by atoms with E-state index < -0.39 is 5.79 Å². The number of ether oxygens (including phenoxy) is 2. The summed E-state index contributed by atoms with van der Waals surface area (Å²) in [7, 11) is 0. The summed E-state index contributed by atoms with van der Waals surface area (Å²) in [4.78, 5) is 6.19. The van der Waals surface area contributed by atoms with Gasteiger partial charge in [-0.05, 0) is 18.6 Å². The lowest BCUT2D eigenvalue weighted by Gasteiger charge is -2.39. The predicted octanol–water partition coefficient (Wildman–Crippen LogP) is 1.56. The number of halogens is 1. The van der Waals surface area contributed by atoms with Crippen molar-refractivity contribution in [1.82, 2.24) is 4.98 Å². The Bertz CT molecular complexity index is 390. The Kier molecular flexibility index (Phi) is 2.72. The van der Waals surface area contributed by atoms with Gasteiger partial charge in [0, 0.05) is 13.0 Å². The standard InChI is InChI=1S/C12H15FN2O2/c13-10-2-3-11(14-8-10)15-5-1-4-12(9-15)16-6-7-17-12/h2-3,8H,1,4-7,9H2. The van der Waals surface area contributed by atoms with Crippen LogP contribution in [0.5, 0.6) is 0 Å². The number of aromatic nitrogens is 1. The summed E-state index contributed by atoms with van der Waals surface area (Å²) >= 11 is 0. The Balaban J connectivity index is 1.77. The van der Waals surface area contributed by atoms with Crippen molar-refractivity contribution in [2.75, 3.05) is 31.2 Å². The fourth-order valence-corrected chi connectivity index (χ4v) is 2.47. The molecule has 0 aliphatic carbocycles. The molecule has 3 rings (SSSR count). The fourth-order valence-electron chi connectivity index (χ4n) is 2.47. The number of hydrogen-bond acceptors (Lipinski definition) is 4. The van der Waals surface area contributed by atoms with Crippen LogP contribution in [0.25, 0.3) is 0 Å². The molecule has 2 fully saturated rings. The molecule has 1 spiro atoms. The van der Waals surface area contributed by atoms with Gasteiger partial charge in [0.25, 0.3) is 0 Å². The van der Waals surface area contributed by atoms with Crippen LogP contribution in [0.1, 0.15) is 12.8 Å². The summed E-state index contributed by atoms with van der Waals surface area (Å²) in [5.41, 5.74) is 0. The van der Waals surface area contributed by atoms with E-state index in [0.717, 1.165) is 25.2 Å². The van der Waals surface area contributed by atoms with Crippen molar-refractivity contribution in [3.05, 3.63) is 24.1 Å². The summed E-state index contributed by atoms with van der Waals surface area (Å²) in [5, 5.41) is 0. The number of piperidine rings is 1. The molecule has 2 saturated heterocycles. The predicted molar refractivity (Wildman–Crippen MR) is 60.3 cm³/mol. The number of nitrogens with zero attached hydrogens (tertiary/aromatic N) is 2. The van der Waals surface area contributed by atoms with Crippen LogP contribution < -0.4 is 4.90 Å². The molecule has 4 nitrogen and oxygen atoms in total. The third-order valence-electron chi connectivity index (χ3n) is 3.27. The van der Waals surface area contributed by atoms with Gasteiger partial charge in [-0.3, -0.25) is 0 Å². The largest absolute Gasteiger partial charge is 0.351 e. The molecule has 92 valence electrons. The van der Waals surface area contributed by atoms with Crippen molar-refractivity contribution in [3.8, 4) is 0 Å². The molecule has 1 aromatic heterocycles. The minimum Gasteiger partial charge on any atom is -0.351 e. The normalized spacial score (nSPS) is 23.2. The molecule has 0 saturated carbocycles. The lowest BCUT2D eigenvalue weighted by atomic mass is 10.0. The zero-order valence-corrected chi connectivity index (χ0v) is 9.56. The lowest BCUT2D eigenvalue weighted by Crippen LogP contribution is -2.49. The number of rotatable bonds is 1. The second kappa shape index (κ2) is 4.23. The topological polar surface area (TPSA) is 34.6 Å². The first kappa shape index (κ1) is 10.9. The molecule has 1 aromatic rings. The average Bonchev–Trinajstić information content (AvgIpc) is 2.78. The van der Waals surface area contributed by atoms with E-state index >= 15 is 0 Å². The monoisotopic (exact) mass is 238 g/mol. The quantitative estimate of drug-likeness (QED) is 0.743. The molecule has 0 radical (unpaired) electrons. The van der Waals surface area contributed by atoms with Crippen LogP contribution in [0.2, 0.25) is 0 Å². The molecule has 17 heavy (non-hydrogen) atoms. The molecule has 0 aromatic carbocycles. The van der Waals surface area contributed by atoms with Crippen LogP contribution in [0.3, 0.4) is 0 Å². The van der Waals surface area contributed by atoms with E-state index in [1.165, 1.54) is 12.3 Å². The van der Waals surface area contributed by atoms with Gasteiger partial charge in [-0.2, -0.15) is 0 Å². The van der Waals surface area contributed by atoms with Gasteiger partial charge in [-0.25, -0.2) is 9.37 Å². The van der Waals surface area contributed by atoms with Crippen LogP contribution in [-0.4, -0.2) is 37.1 Å². The molecule has 0 amide bonds. The molecular weight excluding hydrogens is 223 g/mol. The Morgan fingerprint density at radius 3 is 2.82 bits per heavy atom. The van der Waals surface area contributed by atoms with Crippen molar-refractivity contribution in [2.24, 2.45) is 0 Å². The van der Waals surface area contributed by atoms with Gasteiger partial charge in [0.05, 0.1) is 26.0 Å². The molecular formula is C12H15FN2O2. The van der Waals surface area contributed by atoms with E-state index in [1.54, 1.807) is 6.07 Å². The highest BCUT2D eigenvalue weighted by Gasteiger charge is 2.41. The summed E-state index contributed by atoms with van der Waals surface area (Å²) in [5.74, 6) is 0.00678. The van der Waals surface area contributed by atoms with Gasteiger partial charge in [0.1, 0.15) is 11.6 Å². The van der Waals surface area contributed by atoms with Gasteiger partial charge >= 0.3 is 0 Å². The maximum Gasteiger partial charge on any atom is 0.186 e. The van der Waals surface area contributed by atoms with E-state index in [2.05, 4.69) is 9.88 Å². The highest BCUT2D eigenvalue weighted by atomic mass is 19.1. The van der Waals surface area contributed by atoms with Gasteiger partial charge in [-0.1, -0.05) is 0 Å². The Morgan fingerprint density at radius 1 is 1.29 bits per heavy atom. The van der Waals surface area contributed by atoms with Crippen LogP contribution in [-0.2, 0) is 9.47 Å². The highest BCUT2D eigenvalue weighted by Crippen LogP contribution is 2.31. The van der Waals surface area contributed by atoms with E-state index in [-0.39, 0.29) is 5.82 Å². The van der Waals surface area contributed by atoms with Crippen molar-refractivity contribution >= 4 is 5.82 Å². The molecule has 5 heteroatoms. The summed E-state index contributed by atoms with van der Waals surface area (Å²) in [6.45, 7) is 2.90. The molecule has 2 aliphatic heterocycles. The maximum atomic E-state index is 12.8.